The number of aromatic nitrogens is 1. The van der Waals surface area contributed by atoms with E-state index in [2.05, 4.69) is 4.98 Å². The fraction of sp³-hybridized carbons (Fsp3) is 0.273. The van der Waals surface area contributed by atoms with Crippen molar-refractivity contribution in [2.24, 2.45) is 0 Å². The summed E-state index contributed by atoms with van der Waals surface area (Å²) in [7, 11) is 0. The highest BCUT2D eigenvalue weighted by Gasteiger charge is 2.26. The number of carbonyl (C=O) groups excluding carboxylic acids is 2. The number of aromatic amines is 1. The lowest BCUT2D eigenvalue weighted by Crippen LogP contribution is -2.50. The third kappa shape index (κ3) is 3.15. The Balaban J connectivity index is 1.48. The molecule has 0 aliphatic carbocycles. The van der Waals surface area contributed by atoms with E-state index in [9.17, 15) is 14.0 Å². The molecule has 0 saturated carbocycles. The molecule has 1 saturated heterocycles. The topological polar surface area (TPSA) is 56.4 Å². The predicted octanol–water partition coefficient (Wildman–Crippen LogP) is 3.52. The maximum absolute atomic E-state index is 13.1. The number of para-hydroxylation sites is 1. The molecular weight excluding hydrogens is 357 g/mol. The number of nitrogens with zero attached hydrogens (tertiary/aromatic N) is 2. The number of benzene rings is 2. The second-order valence-electron chi connectivity index (χ2n) is 7.19. The molecule has 2 amide bonds. The SMILES string of the molecule is Cc1[nH]c2c(C(=O)N3CCN(C(=O)c4ccc(F)cc4)CC3)cccc2c1C. The smallest absolute Gasteiger partial charge is 0.256 e. The molecule has 1 aliphatic heterocycles. The summed E-state index contributed by atoms with van der Waals surface area (Å²) in [6.45, 7) is 5.91. The Bertz CT molecular complexity index is 1050. The Morgan fingerprint density at radius 2 is 1.50 bits per heavy atom. The Morgan fingerprint density at radius 1 is 0.893 bits per heavy atom. The van der Waals surface area contributed by atoms with Crippen molar-refractivity contribution < 1.29 is 14.0 Å². The zero-order chi connectivity index (χ0) is 19.8. The third-order valence-corrected chi connectivity index (χ3v) is 5.52. The number of fused-ring (bicyclic) bond motifs is 1. The van der Waals surface area contributed by atoms with E-state index < -0.39 is 0 Å². The molecule has 0 bridgehead atoms. The van der Waals surface area contributed by atoms with Gasteiger partial charge in [-0.25, -0.2) is 4.39 Å². The zero-order valence-corrected chi connectivity index (χ0v) is 16.0. The summed E-state index contributed by atoms with van der Waals surface area (Å²) in [4.78, 5) is 32.5. The molecule has 28 heavy (non-hydrogen) atoms. The molecule has 1 aliphatic rings. The highest BCUT2D eigenvalue weighted by Crippen LogP contribution is 2.25. The highest BCUT2D eigenvalue weighted by molar-refractivity contribution is 6.06. The van der Waals surface area contributed by atoms with Crippen molar-refractivity contribution in [3.8, 4) is 0 Å². The zero-order valence-electron chi connectivity index (χ0n) is 16.0. The molecule has 1 N–H and O–H groups in total. The van der Waals surface area contributed by atoms with E-state index in [4.69, 9.17) is 0 Å². The molecule has 1 fully saturated rings. The van der Waals surface area contributed by atoms with Crippen LogP contribution < -0.4 is 0 Å². The number of aryl methyl sites for hydroxylation is 2. The minimum atomic E-state index is -0.365. The average Bonchev–Trinajstić information content (AvgIpc) is 3.02. The van der Waals surface area contributed by atoms with Crippen molar-refractivity contribution in [2.75, 3.05) is 26.2 Å². The number of hydrogen-bond donors (Lipinski definition) is 1. The van der Waals surface area contributed by atoms with Gasteiger partial charge in [-0.2, -0.15) is 0 Å². The lowest BCUT2D eigenvalue weighted by atomic mass is 10.1. The van der Waals surface area contributed by atoms with Crippen LogP contribution in [0.1, 0.15) is 32.0 Å². The third-order valence-electron chi connectivity index (χ3n) is 5.52. The monoisotopic (exact) mass is 379 g/mol. The van der Waals surface area contributed by atoms with Crippen LogP contribution in [0.4, 0.5) is 4.39 Å². The molecule has 5 nitrogen and oxygen atoms in total. The van der Waals surface area contributed by atoms with E-state index in [1.807, 2.05) is 32.0 Å². The Kier molecular flexibility index (Phi) is 4.63. The van der Waals surface area contributed by atoms with E-state index in [1.54, 1.807) is 9.80 Å². The first-order chi connectivity index (χ1) is 13.5. The van der Waals surface area contributed by atoms with E-state index in [1.165, 1.54) is 24.3 Å². The van der Waals surface area contributed by atoms with Crippen LogP contribution in [0.15, 0.2) is 42.5 Å². The average molecular weight is 379 g/mol. The van der Waals surface area contributed by atoms with E-state index >= 15 is 0 Å². The molecule has 6 heteroatoms. The molecule has 2 heterocycles. The molecule has 144 valence electrons. The van der Waals surface area contributed by atoms with Crippen LogP contribution in [-0.2, 0) is 0 Å². The number of hydrogen-bond acceptors (Lipinski definition) is 2. The van der Waals surface area contributed by atoms with Crippen molar-refractivity contribution in [1.82, 2.24) is 14.8 Å². The summed E-state index contributed by atoms with van der Waals surface area (Å²) in [6, 6.07) is 11.3. The molecular formula is C22H22FN3O2. The second kappa shape index (κ2) is 7.11. The Morgan fingerprint density at radius 3 is 2.14 bits per heavy atom. The van der Waals surface area contributed by atoms with E-state index in [-0.39, 0.29) is 17.6 Å². The van der Waals surface area contributed by atoms with Crippen LogP contribution in [0.2, 0.25) is 0 Å². The van der Waals surface area contributed by atoms with Gasteiger partial charge in [-0.3, -0.25) is 9.59 Å². The van der Waals surface area contributed by atoms with Crippen LogP contribution >= 0.6 is 0 Å². The maximum Gasteiger partial charge on any atom is 0.256 e. The summed E-state index contributed by atoms with van der Waals surface area (Å²) in [5.41, 5.74) is 4.20. The fourth-order valence-corrected chi connectivity index (χ4v) is 3.72. The maximum atomic E-state index is 13.1. The van der Waals surface area contributed by atoms with Gasteiger partial charge in [0.05, 0.1) is 11.1 Å². The van der Waals surface area contributed by atoms with Gasteiger partial charge in [0.2, 0.25) is 0 Å². The summed E-state index contributed by atoms with van der Waals surface area (Å²) < 4.78 is 13.1. The minimum Gasteiger partial charge on any atom is -0.358 e. The lowest BCUT2D eigenvalue weighted by Gasteiger charge is -2.35. The normalized spacial score (nSPS) is 14.5. The molecule has 4 rings (SSSR count). The van der Waals surface area contributed by atoms with Gasteiger partial charge in [0.15, 0.2) is 0 Å². The van der Waals surface area contributed by atoms with Crippen molar-refractivity contribution in [3.05, 3.63) is 70.7 Å². The lowest BCUT2D eigenvalue weighted by molar-refractivity contribution is 0.0536. The van der Waals surface area contributed by atoms with Gasteiger partial charge in [0.1, 0.15) is 5.82 Å². The standard InChI is InChI=1S/C22H22FN3O2/c1-14-15(2)24-20-18(14)4-3-5-19(20)22(28)26-12-10-25(11-13-26)21(27)16-6-8-17(23)9-7-16/h3-9,24H,10-13H2,1-2H3. The number of nitrogens with one attached hydrogen (secondary N) is 1. The Labute approximate surface area is 162 Å². The second-order valence-corrected chi connectivity index (χ2v) is 7.19. The van der Waals surface area contributed by atoms with Gasteiger partial charge in [-0.15, -0.1) is 0 Å². The van der Waals surface area contributed by atoms with Crippen molar-refractivity contribution in [1.29, 1.82) is 0 Å². The van der Waals surface area contributed by atoms with Gasteiger partial charge in [-0.1, -0.05) is 12.1 Å². The van der Waals surface area contributed by atoms with Crippen molar-refractivity contribution >= 4 is 22.7 Å². The number of piperazine rings is 1. The van der Waals surface area contributed by atoms with Crippen LogP contribution in [0.3, 0.4) is 0 Å². The summed E-state index contributed by atoms with van der Waals surface area (Å²) in [5.74, 6) is -0.526. The van der Waals surface area contributed by atoms with Crippen molar-refractivity contribution in [3.63, 3.8) is 0 Å². The summed E-state index contributed by atoms with van der Waals surface area (Å²) in [5, 5.41) is 1.06. The fourth-order valence-electron chi connectivity index (χ4n) is 3.72. The van der Waals surface area contributed by atoms with Crippen molar-refractivity contribution in [2.45, 2.75) is 13.8 Å². The molecule has 2 aromatic carbocycles. The molecule has 0 atom stereocenters. The molecule has 1 aromatic heterocycles. The number of H-pyrrole nitrogens is 1. The number of rotatable bonds is 2. The van der Waals surface area contributed by atoms with Gasteiger partial charge in [-0.05, 0) is 49.7 Å². The first-order valence-electron chi connectivity index (χ1n) is 9.37. The number of halogens is 1. The highest BCUT2D eigenvalue weighted by atomic mass is 19.1. The van der Waals surface area contributed by atoms with Gasteiger partial charge < -0.3 is 14.8 Å². The van der Waals surface area contributed by atoms with E-state index in [0.717, 1.165) is 22.2 Å². The van der Waals surface area contributed by atoms with Gasteiger partial charge in [0, 0.05) is 42.8 Å². The van der Waals surface area contributed by atoms with Crippen LogP contribution in [0, 0.1) is 19.7 Å². The van der Waals surface area contributed by atoms with Crippen LogP contribution in [0.5, 0.6) is 0 Å². The quantitative estimate of drug-likeness (QED) is 0.741. The largest absolute Gasteiger partial charge is 0.358 e. The van der Waals surface area contributed by atoms with Gasteiger partial charge in [0.25, 0.3) is 11.8 Å². The first-order valence-corrected chi connectivity index (χ1v) is 9.37. The number of carbonyl (C=O) groups is 2. The van der Waals surface area contributed by atoms with Crippen LogP contribution in [0.25, 0.3) is 10.9 Å². The molecule has 0 spiro atoms. The molecule has 0 unspecified atom stereocenters. The summed E-state index contributed by atoms with van der Waals surface area (Å²) >= 11 is 0. The number of amides is 2. The predicted molar refractivity (Wildman–Crippen MR) is 106 cm³/mol. The minimum absolute atomic E-state index is 0.0271. The van der Waals surface area contributed by atoms with E-state index in [0.29, 0.717) is 37.3 Å². The first kappa shape index (κ1) is 18.2. The Hall–Kier alpha value is -3.15. The van der Waals surface area contributed by atoms with Crippen LogP contribution in [-0.4, -0.2) is 52.8 Å². The van der Waals surface area contributed by atoms with Gasteiger partial charge >= 0.3 is 0 Å². The molecule has 0 radical (unpaired) electrons. The summed E-state index contributed by atoms with van der Waals surface area (Å²) in [6.07, 6.45) is 0. The molecule has 3 aromatic rings.